The van der Waals surface area contributed by atoms with Gasteiger partial charge in [-0.05, 0) is 11.8 Å². The van der Waals surface area contributed by atoms with Crippen LogP contribution in [0.5, 0.6) is 0 Å². The summed E-state index contributed by atoms with van der Waals surface area (Å²) >= 11 is 5.68. The van der Waals surface area contributed by atoms with E-state index >= 15 is 0 Å². The molecule has 74 valence electrons. The van der Waals surface area contributed by atoms with Gasteiger partial charge in [0.05, 0.1) is 12.1 Å². The van der Waals surface area contributed by atoms with Gasteiger partial charge in [0.2, 0.25) is 0 Å². The maximum Gasteiger partial charge on any atom is 0.0533 e. The highest BCUT2D eigenvalue weighted by molar-refractivity contribution is 6.17. The van der Waals surface area contributed by atoms with Crippen molar-refractivity contribution >= 4 is 11.6 Å². The zero-order valence-electron chi connectivity index (χ0n) is 8.55. The van der Waals surface area contributed by atoms with E-state index in [0.29, 0.717) is 11.3 Å². The van der Waals surface area contributed by atoms with Crippen LogP contribution < -0.4 is 0 Å². The highest BCUT2D eigenvalue weighted by Crippen LogP contribution is 2.19. The molecule has 0 radical (unpaired) electrons. The van der Waals surface area contributed by atoms with Gasteiger partial charge in [0.1, 0.15) is 0 Å². The summed E-state index contributed by atoms with van der Waals surface area (Å²) < 4.78 is 1.96. The molecule has 0 unspecified atom stereocenters. The van der Waals surface area contributed by atoms with Crippen LogP contribution in [-0.4, -0.2) is 9.78 Å². The van der Waals surface area contributed by atoms with Gasteiger partial charge in [0.15, 0.2) is 0 Å². The van der Waals surface area contributed by atoms with E-state index in [1.54, 1.807) is 0 Å². The second kappa shape index (κ2) is 4.14. The fourth-order valence-electron chi connectivity index (χ4n) is 1.05. The Balaban J connectivity index is 2.46. The van der Waals surface area contributed by atoms with Crippen LogP contribution in [0.3, 0.4) is 0 Å². The summed E-state index contributed by atoms with van der Waals surface area (Å²) in [6.07, 6.45) is 4.98. The second-order valence-electron chi connectivity index (χ2n) is 4.56. The van der Waals surface area contributed by atoms with E-state index in [9.17, 15) is 0 Å². The summed E-state index contributed by atoms with van der Waals surface area (Å²) in [6, 6.07) is 0. The van der Waals surface area contributed by atoms with Gasteiger partial charge < -0.3 is 0 Å². The molecule has 0 atom stereocenters. The zero-order valence-corrected chi connectivity index (χ0v) is 9.30. The van der Waals surface area contributed by atoms with Crippen LogP contribution >= 0.6 is 11.6 Å². The molecule has 0 bridgehead atoms. The highest BCUT2D eigenvalue weighted by atomic mass is 35.5. The van der Waals surface area contributed by atoms with E-state index in [1.165, 1.54) is 0 Å². The van der Waals surface area contributed by atoms with Crippen LogP contribution in [0.1, 0.15) is 32.8 Å². The summed E-state index contributed by atoms with van der Waals surface area (Å²) in [5, 5.41) is 4.22. The van der Waals surface area contributed by atoms with Crippen molar-refractivity contribution in [2.45, 2.75) is 39.6 Å². The van der Waals surface area contributed by atoms with Gasteiger partial charge in [-0.15, -0.1) is 11.6 Å². The molecule has 0 aromatic carbocycles. The van der Waals surface area contributed by atoms with Gasteiger partial charge in [0, 0.05) is 18.3 Å². The molecule has 2 nitrogen and oxygen atoms in total. The predicted octanol–water partition coefficient (Wildman–Crippen LogP) is 3.06. The van der Waals surface area contributed by atoms with E-state index in [1.807, 2.05) is 17.1 Å². The Morgan fingerprint density at radius 3 is 2.62 bits per heavy atom. The number of hydrogen-bond donors (Lipinski definition) is 0. The van der Waals surface area contributed by atoms with Gasteiger partial charge >= 0.3 is 0 Å². The topological polar surface area (TPSA) is 17.8 Å². The summed E-state index contributed by atoms with van der Waals surface area (Å²) in [4.78, 5) is 0. The lowest BCUT2D eigenvalue weighted by molar-refractivity contribution is 0.341. The standard InChI is InChI=1S/C10H17ClN2/c1-10(2,3)4-5-13-8-9(6-11)7-12-13/h7-8H,4-6H2,1-3H3. The van der Waals surface area contributed by atoms with Crippen LogP contribution in [0.2, 0.25) is 0 Å². The van der Waals surface area contributed by atoms with Crippen molar-refractivity contribution in [3.8, 4) is 0 Å². The molecule has 0 spiro atoms. The van der Waals surface area contributed by atoms with Crippen LogP contribution in [-0.2, 0) is 12.4 Å². The monoisotopic (exact) mass is 200 g/mol. The third-order valence-electron chi connectivity index (χ3n) is 1.93. The zero-order chi connectivity index (χ0) is 9.90. The SMILES string of the molecule is CC(C)(C)CCn1cc(CCl)cn1. The molecule has 0 N–H and O–H groups in total. The Morgan fingerprint density at radius 2 is 2.15 bits per heavy atom. The van der Waals surface area contributed by atoms with Crippen LogP contribution in [0, 0.1) is 5.41 Å². The molecule has 13 heavy (non-hydrogen) atoms. The summed E-state index contributed by atoms with van der Waals surface area (Å²) in [7, 11) is 0. The van der Waals surface area contributed by atoms with Gasteiger partial charge in [-0.25, -0.2) is 0 Å². The van der Waals surface area contributed by atoms with Crippen molar-refractivity contribution in [2.24, 2.45) is 5.41 Å². The van der Waals surface area contributed by atoms with Gasteiger partial charge in [-0.2, -0.15) is 5.10 Å². The van der Waals surface area contributed by atoms with Crippen LogP contribution in [0.4, 0.5) is 0 Å². The first kappa shape index (κ1) is 10.6. The number of aromatic nitrogens is 2. The van der Waals surface area contributed by atoms with E-state index in [0.717, 1.165) is 18.5 Å². The van der Waals surface area contributed by atoms with Crippen molar-refractivity contribution in [1.82, 2.24) is 9.78 Å². The Hall–Kier alpha value is -0.500. The first-order valence-corrected chi connectivity index (χ1v) is 5.12. The number of halogens is 1. The molecule has 0 aliphatic heterocycles. The molecule has 1 aromatic rings. The van der Waals surface area contributed by atoms with Crippen molar-refractivity contribution in [2.75, 3.05) is 0 Å². The number of nitrogens with zero attached hydrogens (tertiary/aromatic N) is 2. The first-order valence-electron chi connectivity index (χ1n) is 4.58. The Morgan fingerprint density at radius 1 is 1.46 bits per heavy atom. The van der Waals surface area contributed by atoms with Gasteiger partial charge in [0.25, 0.3) is 0 Å². The Bertz CT molecular complexity index is 260. The maximum atomic E-state index is 5.68. The average molecular weight is 201 g/mol. The maximum absolute atomic E-state index is 5.68. The lowest BCUT2D eigenvalue weighted by Gasteiger charge is -2.17. The number of aryl methyl sites for hydroxylation is 1. The molecular formula is C10H17ClN2. The summed E-state index contributed by atoms with van der Waals surface area (Å²) in [5.74, 6) is 0.551. The minimum atomic E-state index is 0.368. The molecule has 0 saturated heterocycles. The van der Waals surface area contributed by atoms with Crippen molar-refractivity contribution in [3.63, 3.8) is 0 Å². The Kier molecular flexibility index (Phi) is 3.37. The third-order valence-corrected chi connectivity index (χ3v) is 2.24. The average Bonchev–Trinajstić information content (AvgIpc) is 2.47. The highest BCUT2D eigenvalue weighted by Gasteiger charge is 2.10. The van der Waals surface area contributed by atoms with E-state index in [2.05, 4.69) is 25.9 Å². The van der Waals surface area contributed by atoms with Crippen molar-refractivity contribution < 1.29 is 0 Å². The molecular weight excluding hydrogens is 184 g/mol. The van der Waals surface area contributed by atoms with Gasteiger partial charge in [-0.3, -0.25) is 4.68 Å². The molecule has 1 heterocycles. The van der Waals surface area contributed by atoms with Crippen molar-refractivity contribution in [3.05, 3.63) is 18.0 Å². The molecule has 0 saturated carbocycles. The molecule has 1 rings (SSSR count). The molecule has 3 heteroatoms. The number of alkyl halides is 1. The molecule has 1 aromatic heterocycles. The fourth-order valence-corrected chi connectivity index (χ4v) is 1.19. The molecule has 0 aliphatic rings. The minimum Gasteiger partial charge on any atom is -0.272 e. The lowest BCUT2D eigenvalue weighted by atomic mass is 9.92. The van der Waals surface area contributed by atoms with Crippen LogP contribution in [0.15, 0.2) is 12.4 Å². The normalized spacial score (nSPS) is 12.0. The van der Waals surface area contributed by atoms with Gasteiger partial charge in [-0.1, -0.05) is 20.8 Å². The second-order valence-corrected chi connectivity index (χ2v) is 4.82. The van der Waals surface area contributed by atoms with Crippen molar-refractivity contribution in [1.29, 1.82) is 0 Å². The minimum absolute atomic E-state index is 0.368. The summed E-state index contributed by atoms with van der Waals surface area (Å²) in [5.41, 5.74) is 1.46. The molecule has 0 aliphatic carbocycles. The fraction of sp³-hybridized carbons (Fsp3) is 0.700. The van der Waals surface area contributed by atoms with E-state index in [-0.39, 0.29) is 0 Å². The molecule has 0 fully saturated rings. The van der Waals surface area contributed by atoms with Crippen LogP contribution in [0.25, 0.3) is 0 Å². The number of rotatable bonds is 3. The van der Waals surface area contributed by atoms with E-state index < -0.39 is 0 Å². The smallest absolute Gasteiger partial charge is 0.0533 e. The largest absolute Gasteiger partial charge is 0.272 e. The summed E-state index contributed by atoms with van der Waals surface area (Å²) in [6.45, 7) is 7.68. The third kappa shape index (κ3) is 3.81. The lowest BCUT2D eigenvalue weighted by Crippen LogP contribution is -2.10. The quantitative estimate of drug-likeness (QED) is 0.686. The predicted molar refractivity (Wildman–Crippen MR) is 55.9 cm³/mol. The van der Waals surface area contributed by atoms with E-state index in [4.69, 9.17) is 11.6 Å². The molecule has 0 amide bonds. The first-order chi connectivity index (χ1) is 6.01. The Labute approximate surface area is 84.9 Å². The number of hydrogen-bond acceptors (Lipinski definition) is 1.